The lowest BCUT2D eigenvalue weighted by Crippen LogP contribution is -2.45. The zero-order valence-electron chi connectivity index (χ0n) is 12.0. The number of thiazole rings is 1. The fourth-order valence-electron chi connectivity index (χ4n) is 3.28. The quantitative estimate of drug-likeness (QED) is 0.930. The number of aryl methyl sites for hydroxylation is 2. The molecule has 0 atom stereocenters. The molecule has 5 heteroatoms. The van der Waals surface area contributed by atoms with Gasteiger partial charge in [-0.05, 0) is 51.4 Å². The van der Waals surface area contributed by atoms with Gasteiger partial charge in [-0.3, -0.25) is 4.79 Å². The molecule has 1 fully saturated rings. The average molecular weight is 294 g/mol. The van der Waals surface area contributed by atoms with Crippen molar-refractivity contribution >= 4 is 17.2 Å². The highest BCUT2D eigenvalue weighted by Gasteiger charge is 2.40. The van der Waals surface area contributed by atoms with E-state index in [4.69, 9.17) is 0 Å². The normalized spacial score (nSPS) is 20.7. The Morgan fingerprint density at radius 2 is 2.00 bits per heavy atom. The summed E-state index contributed by atoms with van der Waals surface area (Å²) in [5, 5.41) is 11.4. The fraction of sp³-hybridized carbons (Fsp3) is 0.733. The summed E-state index contributed by atoms with van der Waals surface area (Å²) in [6.45, 7) is 0.527. The summed E-state index contributed by atoms with van der Waals surface area (Å²) in [4.78, 5) is 20.1. The van der Waals surface area contributed by atoms with Crippen molar-refractivity contribution in [3.05, 3.63) is 15.6 Å². The molecule has 1 aromatic heterocycles. The van der Waals surface area contributed by atoms with Crippen LogP contribution in [0.15, 0.2) is 0 Å². The SMILES string of the molecule is CN(Cc1nc2c(s1)CCCC2)C(=O)C1(O)CCCC1. The Morgan fingerprint density at radius 1 is 1.30 bits per heavy atom. The maximum atomic E-state index is 12.4. The number of likely N-dealkylation sites (N-methyl/N-ethyl adjacent to an activating group) is 1. The van der Waals surface area contributed by atoms with Crippen LogP contribution in [0, 0.1) is 0 Å². The van der Waals surface area contributed by atoms with Crippen LogP contribution in [0.4, 0.5) is 0 Å². The summed E-state index contributed by atoms with van der Waals surface area (Å²) in [6.07, 6.45) is 7.79. The van der Waals surface area contributed by atoms with E-state index in [1.165, 1.54) is 23.4 Å². The number of hydrogen-bond acceptors (Lipinski definition) is 4. The molecule has 0 bridgehead atoms. The molecule has 3 rings (SSSR count). The molecular weight excluding hydrogens is 272 g/mol. The summed E-state index contributed by atoms with van der Waals surface area (Å²) < 4.78 is 0. The Hall–Kier alpha value is -0.940. The van der Waals surface area contributed by atoms with Crippen molar-refractivity contribution in [3.63, 3.8) is 0 Å². The van der Waals surface area contributed by atoms with Crippen molar-refractivity contribution in [2.24, 2.45) is 0 Å². The maximum Gasteiger partial charge on any atom is 0.254 e. The van der Waals surface area contributed by atoms with Gasteiger partial charge < -0.3 is 10.0 Å². The number of amides is 1. The predicted molar refractivity (Wildman–Crippen MR) is 78.6 cm³/mol. The van der Waals surface area contributed by atoms with E-state index in [-0.39, 0.29) is 5.91 Å². The first kappa shape index (κ1) is 14.0. The summed E-state index contributed by atoms with van der Waals surface area (Å²) in [5.74, 6) is -0.136. The van der Waals surface area contributed by atoms with Gasteiger partial charge in [0.2, 0.25) is 0 Å². The lowest BCUT2D eigenvalue weighted by Gasteiger charge is -2.27. The van der Waals surface area contributed by atoms with E-state index in [9.17, 15) is 9.90 Å². The highest BCUT2D eigenvalue weighted by molar-refractivity contribution is 7.11. The van der Waals surface area contributed by atoms with Gasteiger partial charge in [-0.2, -0.15) is 0 Å². The minimum Gasteiger partial charge on any atom is -0.380 e. The molecule has 2 aliphatic carbocycles. The van der Waals surface area contributed by atoms with Crippen LogP contribution in [0.1, 0.15) is 54.1 Å². The molecule has 0 saturated heterocycles. The van der Waals surface area contributed by atoms with Crippen LogP contribution in [-0.2, 0) is 24.2 Å². The third-order valence-electron chi connectivity index (χ3n) is 4.44. The zero-order chi connectivity index (χ0) is 14.2. The minimum absolute atomic E-state index is 0.136. The van der Waals surface area contributed by atoms with E-state index >= 15 is 0 Å². The lowest BCUT2D eigenvalue weighted by atomic mass is 10.0. The Labute approximate surface area is 123 Å². The highest BCUT2D eigenvalue weighted by Crippen LogP contribution is 2.32. The molecule has 1 amide bonds. The molecule has 0 aromatic carbocycles. The molecule has 1 saturated carbocycles. The summed E-state index contributed by atoms with van der Waals surface area (Å²) >= 11 is 1.74. The molecule has 1 aromatic rings. The molecular formula is C15H22N2O2S. The molecule has 2 aliphatic rings. The van der Waals surface area contributed by atoms with Crippen LogP contribution in [0.3, 0.4) is 0 Å². The number of rotatable bonds is 3. The smallest absolute Gasteiger partial charge is 0.254 e. The van der Waals surface area contributed by atoms with Crippen molar-refractivity contribution in [1.29, 1.82) is 0 Å². The Morgan fingerprint density at radius 3 is 2.70 bits per heavy atom. The third-order valence-corrected chi connectivity index (χ3v) is 5.58. The number of hydrogen-bond donors (Lipinski definition) is 1. The highest BCUT2D eigenvalue weighted by atomic mass is 32.1. The summed E-state index contributed by atoms with van der Waals surface area (Å²) in [7, 11) is 1.78. The first-order valence-corrected chi connectivity index (χ1v) is 8.35. The maximum absolute atomic E-state index is 12.4. The number of aromatic nitrogens is 1. The lowest BCUT2D eigenvalue weighted by molar-refractivity contribution is -0.149. The van der Waals surface area contributed by atoms with E-state index in [1.807, 2.05) is 0 Å². The number of fused-ring (bicyclic) bond motifs is 1. The molecule has 0 radical (unpaired) electrons. The molecule has 1 heterocycles. The number of aliphatic hydroxyl groups is 1. The Balaban J connectivity index is 1.67. The number of nitrogens with zero attached hydrogens (tertiary/aromatic N) is 2. The van der Waals surface area contributed by atoms with Gasteiger partial charge in [0.15, 0.2) is 0 Å². The largest absolute Gasteiger partial charge is 0.380 e. The topological polar surface area (TPSA) is 53.4 Å². The van der Waals surface area contributed by atoms with Gasteiger partial charge in [0, 0.05) is 11.9 Å². The molecule has 0 aliphatic heterocycles. The van der Waals surface area contributed by atoms with E-state index in [0.29, 0.717) is 19.4 Å². The number of carbonyl (C=O) groups excluding carboxylic acids is 1. The third kappa shape index (κ3) is 2.61. The van der Waals surface area contributed by atoms with Crippen LogP contribution < -0.4 is 0 Å². The molecule has 0 spiro atoms. The molecule has 4 nitrogen and oxygen atoms in total. The van der Waals surface area contributed by atoms with E-state index in [2.05, 4.69) is 4.98 Å². The van der Waals surface area contributed by atoms with Crippen molar-refractivity contribution in [3.8, 4) is 0 Å². The van der Waals surface area contributed by atoms with Gasteiger partial charge in [-0.1, -0.05) is 0 Å². The van der Waals surface area contributed by atoms with Crippen LogP contribution in [0.5, 0.6) is 0 Å². The standard InChI is InChI=1S/C15H22N2O2S/c1-17(14(18)15(19)8-4-5-9-15)10-13-16-11-6-2-3-7-12(11)20-13/h19H,2-10H2,1H3. The second kappa shape index (κ2) is 5.45. The minimum atomic E-state index is -1.12. The van der Waals surface area contributed by atoms with Crippen LogP contribution in [0.25, 0.3) is 0 Å². The van der Waals surface area contributed by atoms with Gasteiger partial charge >= 0.3 is 0 Å². The van der Waals surface area contributed by atoms with Gasteiger partial charge in [0.25, 0.3) is 5.91 Å². The van der Waals surface area contributed by atoms with Crippen molar-refractivity contribution in [2.45, 2.75) is 63.5 Å². The van der Waals surface area contributed by atoms with Gasteiger partial charge in [-0.25, -0.2) is 4.98 Å². The van der Waals surface area contributed by atoms with E-state index < -0.39 is 5.60 Å². The second-order valence-electron chi connectivity index (χ2n) is 6.08. The number of carbonyl (C=O) groups is 1. The zero-order valence-corrected chi connectivity index (χ0v) is 12.8. The first-order valence-electron chi connectivity index (χ1n) is 7.54. The Bertz CT molecular complexity index is 482. The molecule has 110 valence electrons. The monoisotopic (exact) mass is 294 g/mol. The summed E-state index contributed by atoms with van der Waals surface area (Å²) in [6, 6.07) is 0. The van der Waals surface area contributed by atoms with Crippen molar-refractivity contribution in [1.82, 2.24) is 9.88 Å². The van der Waals surface area contributed by atoms with E-state index in [1.54, 1.807) is 23.3 Å². The van der Waals surface area contributed by atoms with Crippen molar-refractivity contribution in [2.75, 3.05) is 7.05 Å². The molecule has 0 unspecified atom stereocenters. The van der Waals surface area contributed by atoms with Gasteiger partial charge in [0.1, 0.15) is 10.6 Å². The fourth-order valence-corrected chi connectivity index (χ4v) is 4.49. The van der Waals surface area contributed by atoms with E-state index in [0.717, 1.165) is 30.7 Å². The second-order valence-corrected chi connectivity index (χ2v) is 7.25. The molecule has 20 heavy (non-hydrogen) atoms. The molecule has 1 N–H and O–H groups in total. The van der Waals surface area contributed by atoms with Crippen LogP contribution >= 0.6 is 11.3 Å². The predicted octanol–water partition coefficient (Wildman–Crippen LogP) is 2.29. The van der Waals surface area contributed by atoms with Crippen LogP contribution in [0.2, 0.25) is 0 Å². The van der Waals surface area contributed by atoms with Crippen LogP contribution in [-0.4, -0.2) is 33.5 Å². The Kier molecular flexibility index (Phi) is 3.82. The summed E-state index contributed by atoms with van der Waals surface area (Å²) in [5.41, 5.74) is 0.114. The average Bonchev–Trinajstić information content (AvgIpc) is 3.04. The first-order chi connectivity index (χ1) is 9.58. The van der Waals surface area contributed by atoms with Gasteiger partial charge in [0.05, 0.1) is 12.2 Å². The van der Waals surface area contributed by atoms with Gasteiger partial charge in [-0.15, -0.1) is 11.3 Å². The van der Waals surface area contributed by atoms with Crippen molar-refractivity contribution < 1.29 is 9.90 Å².